The number of carbonyl (C=O) groups excluding carboxylic acids is 1. The van der Waals surface area contributed by atoms with Crippen LogP contribution in [0.15, 0.2) is 57.5 Å². The number of hydrogen-bond acceptors (Lipinski definition) is 9. The van der Waals surface area contributed by atoms with Crippen molar-refractivity contribution in [3.05, 3.63) is 78.5 Å². The van der Waals surface area contributed by atoms with Gasteiger partial charge in [0.15, 0.2) is 16.3 Å². The Balaban J connectivity index is 1.95. The molecule has 0 radical (unpaired) electrons. The maximum absolute atomic E-state index is 13.9. The molecular weight excluding hydrogens is 506 g/mol. The first-order valence-corrected chi connectivity index (χ1v) is 12.8. The third-order valence-corrected chi connectivity index (χ3v) is 7.25. The molecule has 38 heavy (non-hydrogen) atoms. The number of fused-ring (bicyclic) bond motifs is 1. The van der Waals surface area contributed by atoms with Gasteiger partial charge in [-0.2, -0.15) is 0 Å². The fourth-order valence-electron chi connectivity index (χ4n) is 4.44. The van der Waals surface area contributed by atoms with Crippen LogP contribution in [0.2, 0.25) is 0 Å². The second-order valence-electron chi connectivity index (χ2n) is 8.71. The molecule has 1 atom stereocenters. The van der Waals surface area contributed by atoms with Gasteiger partial charge in [-0.25, -0.2) is 9.79 Å². The molecule has 0 aliphatic carbocycles. The normalized spacial score (nSPS) is 15.0. The van der Waals surface area contributed by atoms with Gasteiger partial charge in [0.2, 0.25) is 5.75 Å². The van der Waals surface area contributed by atoms with Crippen LogP contribution >= 0.6 is 11.3 Å². The number of hydrogen-bond donors (Lipinski definition) is 0. The minimum Gasteiger partial charge on any atom is -0.493 e. The fraction of sp³-hybridized carbons (Fsp3) is 0.321. The quantitative estimate of drug-likeness (QED) is 0.408. The Bertz CT molecular complexity index is 1570. The number of esters is 1. The molecule has 200 valence electrons. The average molecular weight is 538 g/mol. The second kappa shape index (κ2) is 11.1. The summed E-state index contributed by atoms with van der Waals surface area (Å²) >= 11 is 1.24. The molecule has 1 aliphatic rings. The number of benzene rings is 2. The highest BCUT2D eigenvalue weighted by molar-refractivity contribution is 7.07. The summed E-state index contributed by atoms with van der Waals surface area (Å²) in [5.41, 5.74) is 3.00. The minimum atomic E-state index is -0.684. The number of rotatable bonds is 8. The van der Waals surface area contributed by atoms with Crippen LogP contribution in [-0.4, -0.2) is 52.6 Å². The van der Waals surface area contributed by atoms with Crippen molar-refractivity contribution < 1.29 is 23.7 Å². The molecule has 0 unspecified atom stereocenters. The number of nitrogens with zero attached hydrogens (tertiary/aromatic N) is 3. The van der Waals surface area contributed by atoms with E-state index in [-0.39, 0.29) is 12.2 Å². The zero-order valence-corrected chi connectivity index (χ0v) is 23.3. The Hall–Kier alpha value is -4.05. The zero-order valence-electron chi connectivity index (χ0n) is 22.5. The molecule has 9 nitrogen and oxygen atoms in total. The summed E-state index contributed by atoms with van der Waals surface area (Å²) in [5, 5.41) is 0. The number of anilines is 1. The van der Waals surface area contributed by atoms with E-state index in [1.165, 1.54) is 25.6 Å². The van der Waals surface area contributed by atoms with Crippen LogP contribution in [0.5, 0.6) is 17.2 Å². The first kappa shape index (κ1) is 27.0. The van der Waals surface area contributed by atoms with E-state index in [1.54, 1.807) is 43.7 Å². The number of aromatic nitrogens is 1. The Labute approximate surface area is 224 Å². The molecule has 4 rings (SSSR count). The fourth-order valence-corrected chi connectivity index (χ4v) is 5.48. The van der Waals surface area contributed by atoms with Gasteiger partial charge in [0.25, 0.3) is 5.56 Å². The summed E-state index contributed by atoms with van der Waals surface area (Å²) in [6, 6.07) is 10.6. The van der Waals surface area contributed by atoms with Crippen LogP contribution in [-0.2, 0) is 9.53 Å². The summed E-state index contributed by atoms with van der Waals surface area (Å²) in [4.78, 5) is 34.1. The summed E-state index contributed by atoms with van der Waals surface area (Å²) in [6.07, 6.45) is 1.74. The lowest BCUT2D eigenvalue weighted by molar-refractivity contribution is -0.139. The molecule has 2 aromatic carbocycles. The van der Waals surface area contributed by atoms with Crippen LogP contribution < -0.4 is 34.0 Å². The van der Waals surface area contributed by atoms with E-state index in [4.69, 9.17) is 18.9 Å². The summed E-state index contributed by atoms with van der Waals surface area (Å²) in [7, 11) is 8.51. The highest BCUT2D eigenvalue weighted by Gasteiger charge is 2.33. The molecule has 0 saturated heterocycles. The second-order valence-corrected chi connectivity index (χ2v) is 9.72. The van der Waals surface area contributed by atoms with Crippen LogP contribution in [0.1, 0.15) is 31.0 Å². The van der Waals surface area contributed by atoms with Crippen molar-refractivity contribution in [2.45, 2.75) is 19.9 Å². The van der Waals surface area contributed by atoms with Gasteiger partial charge in [-0.3, -0.25) is 9.36 Å². The van der Waals surface area contributed by atoms with Gasteiger partial charge in [-0.1, -0.05) is 23.5 Å². The number of carbonyl (C=O) groups is 1. The van der Waals surface area contributed by atoms with E-state index in [0.717, 1.165) is 11.3 Å². The largest absolute Gasteiger partial charge is 0.493 e. The topological polar surface area (TPSA) is 91.6 Å². The minimum absolute atomic E-state index is 0.214. The number of thiazole rings is 1. The van der Waals surface area contributed by atoms with Crippen LogP contribution in [0.4, 0.5) is 5.69 Å². The maximum Gasteiger partial charge on any atom is 0.338 e. The van der Waals surface area contributed by atoms with Crippen molar-refractivity contribution >= 4 is 29.1 Å². The van der Waals surface area contributed by atoms with E-state index >= 15 is 0 Å². The summed E-state index contributed by atoms with van der Waals surface area (Å²) in [5.74, 6) is 0.887. The predicted octanol–water partition coefficient (Wildman–Crippen LogP) is 2.89. The summed E-state index contributed by atoms with van der Waals surface area (Å²) < 4.78 is 23.8. The van der Waals surface area contributed by atoms with Crippen molar-refractivity contribution in [2.24, 2.45) is 4.99 Å². The summed E-state index contributed by atoms with van der Waals surface area (Å²) in [6.45, 7) is 3.73. The Morgan fingerprint density at radius 3 is 2.32 bits per heavy atom. The lowest BCUT2D eigenvalue weighted by Gasteiger charge is -2.25. The lowest BCUT2D eigenvalue weighted by Crippen LogP contribution is -2.40. The van der Waals surface area contributed by atoms with Gasteiger partial charge in [-0.05, 0) is 49.8 Å². The van der Waals surface area contributed by atoms with Crippen LogP contribution in [0, 0.1) is 0 Å². The molecule has 1 aromatic heterocycles. The van der Waals surface area contributed by atoms with Gasteiger partial charge in [0, 0.05) is 25.3 Å². The number of ether oxygens (including phenoxy) is 4. The molecule has 0 fully saturated rings. The third kappa shape index (κ3) is 4.79. The highest BCUT2D eigenvalue weighted by Crippen LogP contribution is 2.40. The van der Waals surface area contributed by atoms with Gasteiger partial charge >= 0.3 is 5.97 Å². The molecule has 0 bridgehead atoms. The molecule has 0 amide bonds. The first-order chi connectivity index (χ1) is 18.2. The van der Waals surface area contributed by atoms with Crippen molar-refractivity contribution in [3.63, 3.8) is 0 Å². The molecule has 0 N–H and O–H groups in total. The smallest absolute Gasteiger partial charge is 0.338 e. The maximum atomic E-state index is 13.9. The molecule has 0 saturated carbocycles. The SMILES string of the molecule is CCOC(=O)C1=C(C)N=c2s/c(=C/c3ccc(OC)c(OC)c3OC)c(=O)n2[C@H]1c1ccc(N(C)C)cc1. The molecular formula is C28H31N3O6S. The highest BCUT2D eigenvalue weighted by atomic mass is 32.1. The average Bonchev–Trinajstić information content (AvgIpc) is 3.21. The number of allylic oxidation sites excluding steroid dienone is 1. The van der Waals surface area contributed by atoms with E-state index in [1.807, 2.05) is 43.3 Å². The molecule has 2 heterocycles. The third-order valence-electron chi connectivity index (χ3n) is 6.26. The zero-order chi connectivity index (χ0) is 27.6. The first-order valence-electron chi connectivity index (χ1n) is 12.0. The molecule has 3 aromatic rings. The molecule has 1 aliphatic heterocycles. The van der Waals surface area contributed by atoms with E-state index in [9.17, 15) is 9.59 Å². The molecule has 0 spiro atoms. The van der Waals surface area contributed by atoms with Crippen molar-refractivity contribution in [2.75, 3.05) is 46.9 Å². The van der Waals surface area contributed by atoms with Gasteiger partial charge in [0.1, 0.15) is 0 Å². The monoisotopic (exact) mass is 537 g/mol. The molecule has 10 heteroatoms. The van der Waals surface area contributed by atoms with Crippen LogP contribution in [0.3, 0.4) is 0 Å². The van der Waals surface area contributed by atoms with E-state index in [0.29, 0.717) is 43.4 Å². The Morgan fingerprint density at radius 2 is 1.74 bits per heavy atom. The number of methoxy groups -OCH3 is 3. The van der Waals surface area contributed by atoms with E-state index < -0.39 is 12.0 Å². The lowest BCUT2D eigenvalue weighted by atomic mass is 9.95. The Morgan fingerprint density at radius 1 is 1.05 bits per heavy atom. The predicted molar refractivity (Wildman–Crippen MR) is 147 cm³/mol. The van der Waals surface area contributed by atoms with Gasteiger partial charge < -0.3 is 23.8 Å². The standard InChI is InChI=1S/C28H31N3O6S/c1-8-37-27(33)22-16(2)29-28-31(23(22)17-9-12-19(13-10-17)30(3)4)26(32)21(38-28)15-18-11-14-20(34-5)25(36-7)24(18)35-6/h9-15,23H,8H2,1-7H3/b21-15+/t23-/m0/s1. The van der Waals surface area contributed by atoms with Crippen LogP contribution in [0.25, 0.3) is 6.08 Å². The van der Waals surface area contributed by atoms with E-state index in [2.05, 4.69) is 4.99 Å². The van der Waals surface area contributed by atoms with Crippen molar-refractivity contribution in [1.82, 2.24) is 4.57 Å². The Kier molecular flexibility index (Phi) is 7.91. The van der Waals surface area contributed by atoms with Crippen molar-refractivity contribution in [3.8, 4) is 17.2 Å². The van der Waals surface area contributed by atoms with Gasteiger partial charge in [-0.15, -0.1) is 0 Å². The van der Waals surface area contributed by atoms with Gasteiger partial charge in [0.05, 0.1) is 49.8 Å². The van der Waals surface area contributed by atoms with Crippen molar-refractivity contribution in [1.29, 1.82) is 0 Å².